The first-order chi connectivity index (χ1) is 9.67. The lowest BCUT2D eigenvalue weighted by atomic mass is 10.1. The Balaban J connectivity index is 2.49. The zero-order chi connectivity index (χ0) is 14.3. The van der Waals surface area contributed by atoms with Gasteiger partial charge < -0.3 is 9.47 Å². The van der Waals surface area contributed by atoms with Gasteiger partial charge in [-0.2, -0.15) is 5.10 Å². The van der Waals surface area contributed by atoms with Gasteiger partial charge >= 0.3 is 0 Å². The number of hydrogen-bond donors (Lipinski definition) is 0. The summed E-state index contributed by atoms with van der Waals surface area (Å²) in [5.74, 6) is 1.62. The van der Waals surface area contributed by atoms with E-state index in [4.69, 9.17) is 14.6 Å². The SMILES string of the molecule is COc1cc2c(OC)n(C(C)C)nc2c2ccccc12. The Morgan fingerprint density at radius 3 is 2.30 bits per heavy atom. The minimum absolute atomic E-state index is 0.238. The summed E-state index contributed by atoms with van der Waals surface area (Å²) in [6, 6.07) is 10.4. The van der Waals surface area contributed by atoms with Crippen LogP contribution in [-0.2, 0) is 0 Å². The molecule has 2 aromatic carbocycles. The Hall–Kier alpha value is -2.23. The van der Waals surface area contributed by atoms with Crippen LogP contribution in [-0.4, -0.2) is 24.0 Å². The fourth-order valence-electron chi connectivity index (χ4n) is 2.60. The summed E-state index contributed by atoms with van der Waals surface area (Å²) in [7, 11) is 3.37. The van der Waals surface area contributed by atoms with Crippen LogP contribution in [0.3, 0.4) is 0 Å². The predicted molar refractivity (Wildman–Crippen MR) is 80.7 cm³/mol. The maximum atomic E-state index is 5.55. The monoisotopic (exact) mass is 270 g/mol. The van der Waals surface area contributed by atoms with E-state index in [0.29, 0.717) is 0 Å². The Morgan fingerprint density at radius 2 is 1.70 bits per heavy atom. The lowest BCUT2D eigenvalue weighted by Crippen LogP contribution is -2.04. The van der Waals surface area contributed by atoms with Gasteiger partial charge in [-0.1, -0.05) is 24.3 Å². The fraction of sp³-hybridized carbons (Fsp3) is 0.312. The van der Waals surface area contributed by atoms with Crippen molar-refractivity contribution in [3.8, 4) is 11.6 Å². The number of rotatable bonds is 3. The topological polar surface area (TPSA) is 36.3 Å². The standard InChI is InChI=1S/C16H18N2O2/c1-10(2)18-16(20-4)13-9-14(19-3)11-7-5-6-8-12(11)15(13)17-18/h5-10H,1-4H3. The third-order valence-electron chi connectivity index (χ3n) is 3.53. The molecule has 0 aliphatic rings. The summed E-state index contributed by atoms with van der Waals surface area (Å²) in [5.41, 5.74) is 0.951. The number of benzene rings is 2. The van der Waals surface area contributed by atoms with Crippen LogP contribution in [0, 0.1) is 0 Å². The number of nitrogens with zero attached hydrogens (tertiary/aromatic N) is 2. The largest absolute Gasteiger partial charge is 0.496 e. The van der Waals surface area contributed by atoms with E-state index in [2.05, 4.69) is 26.0 Å². The molecule has 0 bridgehead atoms. The van der Waals surface area contributed by atoms with Crippen molar-refractivity contribution in [2.45, 2.75) is 19.9 Å². The summed E-state index contributed by atoms with van der Waals surface area (Å²) in [6.07, 6.45) is 0. The van der Waals surface area contributed by atoms with Crippen molar-refractivity contribution in [3.63, 3.8) is 0 Å². The second-order valence-electron chi connectivity index (χ2n) is 5.07. The van der Waals surface area contributed by atoms with Gasteiger partial charge in [-0.15, -0.1) is 0 Å². The number of hydrogen-bond acceptors (Lipinski definition) is 3. The molecule has 3 aromatic rings. The Kier molecular flexibility index (Phi) is 3.01. The molecule has 0 saturated carbocycles. The quantitative estimate of drug-likeness (QED) is 0.726. The van der Waals surface area contributed by atoms with E-state index in [1.807, 2.05) is 22.9 Å². The third-order valence-corrected chi connectivity index (χ3v) is 3.53. The van der Waals surface area contributed by atoms with Crippen molar-refractivity contribution < 1.29 is 9.47 Å². The number of ether oxygens (including phenoxy) is 2. The molecular formula is C16H18N2O2. The highest BCUT2D eigenvalue weighted by Gasteiger charge is 2.18. The van der Waals surface area contributed by atoms with E-state index in [-0.39, 0.29) is 6.04 Å². The molecule has 0 radical (unpaired) electrons. The molecule has 0 fully saturated rings. The summed E-state index contributed by atoms with van der Waals surface area (Å²) >= 11 is 0. The summed E-state index contributed by atoms with van der Waals surface area (Å²) in [4.78, 5) is 0. The summed E-state index contributed by atoms with van der Waals surface area (Å²) < 4.78 is 13.0. The minimum Gasteiger partial charge on any atom is -0.496 e. The zero-order valence-corrected chi connectivity index (χ0v) is 12.2. The van der Waals surface area contributed by atoms with E-state index in [1.165, 1.54) is 0 Å². The van der Waals surface area contributed by atoms with Gasteiger partial charge in [-0.05, 0) is 19.9 Å². The minimum atomic E-state index is 0.238. The molecule has 4 heteroatoms. The van der Waals surface area contributed by atoms with Crippen LogP contribution < -0.4 is 9.47 Å². The van der Waals surface area contributed by atoms with Crippen LogP contribution >= 0.6 is 0 Å². The van der Waals surface area contributed by atoms with Gasteiger partial charge in [-0.3, -0.25) is 0 Å². The maximum Gasteiger partial charge on any atom is 0.220 e. The third kappa shape index (κ3) is 1.72. The Bertz CT molecular complexity index is 775. The van der Waals surface area contributed by atoms with E-state index in [9.17, 15) is 0 Å². The fourth-order valence-corrected chi connectivity index (χ4v) is 2.60. The first-order valence-corrected chi connectivity index (χ1v) is 6.69. The number of aromatic nitrogens is 2. The molecule has 0 spiro atoms. The second-order valence-corrected chi connectivity index (χ2v) is 5.07. The smallest absolute Gasteiger partial charge is 0.220 e. The molecule has 0 saturated heterocycles. The molecule has 0 atom stereocenters. The van der Waals surface area contributed by atoms with Crippen molar-refractivity contribution in [2.24, 2.45) is 0 Å². The molecule has 4 nitrogen and oxygen atoms in total. The van der Waals surface area contributed by atoms with Gasteiger partial charge in [0.1, 0.15) is 11.3 Å². The Morgan fingerprint density at radius 1 is 1.00 bits per heavy atom. The molecule has 20 heavy (non-hydrogen) atoms. The molecule has 0 aliphatic carbocycles. The maximum absolute atomic E-state index is 5.55. The normalized spacial score (nSPS) is 11.4. The number of fused-ring (bicyclic) bond motifs is 3. The molecule has 1 heterocycles. The van der Waals surface area contributed by atoms with Gasteiger partial charge in [0.15, 0.2) is 0 Å². The van der Waals surface area contributed by atoms with Gasteiger partial charge in [0.25, 0.3) is 0 Å². The molecule has 0 unspecified atom stereocenters. The lowest BCUT2D eigenvalue weighted by Gasteiger charge is -2.09. The Labute approximate surface area is 117 Å². The van der Waals surface area contributed by atoms with E-state index in [1.54, 1.807) is 14.2 Å². The molecular weight excluding hydrogens is 252 g/mol. The van der Waals surface area contributed by atoms with E-state index < -0.39 is 0 Å². The highest BCUT2D eigenvalue weighted by molar-refractivity contribution is 6.09. The van der Waals surface area contributed by atoms with Crippen LogP contribution in [0.15, 0.2) is 30.3 Å². The van der Waals surface area contributed by atoms with E-state index in [0.717, 1.165) is 33.3 Å². The number of methoxy groups -OCH3 is 2. The van der Waals surface area contributed by atoms with Gasteiger partial charge in [0.05, 0.1) is 25.6 Å². The van der Waals surface area contributed by atoms with Crippen LogP contribution in [0.4, 0.5) is 0 Å². The summed E-state index contributed by atoms with van der Waals surface area (Å²) in [5, 5.41) is 7.86. The molecule has 0 amide bonds. The molecule has 3 rings (SSSR count). The van der Waals surface area contributed by atoms with Crippen LogP contribution in [0.5, 0.6) is 11.6 Å². The van der Waals surface area contributed by atoms with Gasteiger partial charge in [-0.25, -0.2) is 4.68 Å². The molecule has 104 valence electrons. The van der Waals surface area contributed by atoms with Gasteiger partial charge in [0.2, 0.25) is 5.88 Å². The summed E-state index contributed by atoms with van der Waals surface area (Å²) in [6.45, 7) is 4.18. The first kappa shape index (κ1) is 12.8. The average Bonchev–Trinajstić information content (AvgIpc) is 2.85. The van der Waals surface area contributed by atoms with Crippen molar-refractivity contribution >= 4 is 21.7 Å². The van der Waals surface area contributed by atoms with Crippen LogP contribution in [0.1, 0.15) is 19.9 Å². The first-order valence-electron chi connectivity index (χ1n) is 6.69. The highest BCUT2D eigenvalue weighted by atomic mass is 16.5. The van der Waals surface area contributed by atoms with Crippen molar-refractivity contribution in [1.29, 1.82) is 0 Å². The average molecular weight is 270 g/mol. The second kappa shape index (κ2) is 4.71. The molecule has 1 aromatic heterocycles. The van der Waals surface area contributed by atoms with Crippen molar-refractivity contribution in [2.75, 3.05) is 14.2 Å². The van der Waals surface area contributed by atoms with Crippen LogP contribution in [0.25, 0.3) is 21.7 Å². The van der Waals surface area contributed by atoms with Gasteiger partial charge in [0, 0.05) is 10.8 Å². The predicted octanol–water partition coefficient (Wildman–Crippen LogP) is 3.79. The van der Waals surface area contributed by atoms with Crippen LogP contribution in [0.2, 0.25) is 0 Å². The molecule has 0 aliphatic heterocycles. The van der Waals surface area contributed by atoms with Crippen molar-refractivity contribution in [3.05, 3.63) is 30.3 Å². The highest BCUT2D eigenvalue weighted by Crippen LogP contribution is 2.38. The van der Waals surface area contributed by atoms with E-state index >= 15 is 0 Å². The zero-order valence-electron chi connectivity index (χ0n) is 12.2. The molecule has 0 N–H and O–H groups in total. The lowest BCUT2D eigenvalue weighted by molar-refractivity contribution is 0.349. The van der Waals surface area contributed by atoms with Crippen molar-refractivity contribution in [1.82, 2.24) is 9.78 Å².